The summed E-state index contributed by atoms with van der Waals surface area (Å²) in [5, 5.41) is 3.49. The fourth-order valence-corrected chi connectivity index (χ4v) is 3.17. The summed E-state index contributed by atoms with van der Waals surface area (Å²) in [7, 11) is 2.12. The van der Waals surface area contributed by atoms with Gasteiger partial charge in [0.25, 0.3) is 0 Å². The summed E-state index contributed by atoms with van der Waals surface area (Å²) >= 11 is 0. The minimum absolute atomic E-state index is 0.579. The SMILES string of the molecule is CNC1CCCCC1N1CC(C)(C)C1. The zero-order valence-corrected chi connectivity index (χ0v) is 9.84. The van der Waals surface area contributed by atoms with Crippen molar-refractivity contribution in [3.63, 3.8) is 0 Å². The molecule has 0 radical (unpaired) electrons. The van der Waals surface area contributed by atoms with Crippen LogP contribution < -0.4 is 5.32 Å². The highest BCUT2D eigenvalue weighted by atomic mass is 15.3. The Kier molecular flexibility index (Phi) is 2.85. The van der Waals surface area contributed by atoms with E-state index < -0.39 is 0 Å². The van der Waals surface area contributed by atoms with E-state index in [4.69, 9.17) is 0 Å². The van der Waals surface area contributed by atoms with Crippen molar-refractivity contribution in [2.75, 3.05) is 20.1 Å². The van der Waals surface area contributed by atoms with Gasteiger partial charge in [0.05, 0.1) is 0 Å². The lowest BCUT2D eigenvalue weighted by atomic mass is 9.79. The summed E-state index contributed by atoms with van der Waals surface area (Å²) in [6.45, 7) is 7.35. The average Bonchev–Trinajstić information content (AvgIpc) is 2.14. The fourth-order valence-electron chi connectivity index (χ4n) is 3.17. The van der Waals surface area contributed by atoms with E-state index in [9.17, 15) is 0 Å². The van der Waals surface area contributed by atoms with Gasteiger partial charge >= 0.3 is 0 Å². The maximum absolute atomic E-state index is 3.49. The van der Waals surface area contributed by atoms with Crippen molar-refractivity contribution in [2.24, 2.45) is 5.41 Å². The van der Waals surface area contributed by atoms with E-state index in [2.05, 4.69) is 31.1 Å². The molecule has 2 unspecified atom stereocenters. The molecule has 1 saturated carbocycles. The number of nitrogens with zero attached hydrogens (tertiary/aromatic N) is 1. The summed E-state index contributed by atoms with van der Waals surface area (Å²) in [6, 6.07) is 1.57. The van der Waals surface area contributed by atoms with Crippen LogP contribution in [0.15, 0.2) is 0 Å². The Morgan fingerprint density at radius 1 is 1.14 bits per heavy atom. The minimum atomic E-state index is 0.579. The summed E-state index contributed by atoms with van der Waals surface area (Å²) in [6.07, 6.45) is 5.62. The molecule has 0 aromatic carbocycles. The highest BCUT2D eigenvalue weighted by Gasteiger charge is 2.40. The molecule has 0 amide bonds. The van der Waals surface area contributed by atoms with Crippen molar-refractivity contribution in [1.82, 2.24) is 10.2 Å². The Morgan fingerprint density at radius 2 is 1.79 bits per heavy atom. The quantitative estimate of drug-likeness (QED) is 0.725. The lowest BCUT2D eigenvalue weighted by Crippen LogP contribution is -2.62. The van der Waals surface area contributed by atoms with Gasteiger partial charge in [0.15, 0.2) is 0 Å². The molecule has 82 valence electrons. The number of rotatable bonds is 2. The third-order valence-electron chi connectivity index (χ3n) is 3.83. The molecular weight excluding hydrogens is 172 g/mol. The first kappa shape index (κ1) is 10.4. The monoisotopic (exact) mass is 196 g/mol. The van der Waals surface area contributed by atoms with E-state index in [1.807, 2.05) is 0 Å². The third kappa shape index (κ3) is 1.96. The molecular formula is C12H24N2. The largest absolute Gasteiger partial charge is 0.315 e. The van der Waals surface area contributed by atoms with Crippen molar-refractivity contribution >= 4 is 0 Å². The number of hydrogen-bond acceptors (Lipinski definition) is 2. The second-order valence-electron chi connectivity index (χ2n) is 5.82. The maximum Gasteiger partial charge on any atom is 0.0249 e. The van der Waals surface area contributed by atoms with Crippen LogP contribution in [0.1, 0.15) is 39.5 Å². The van der Waals surface area contributed by atoms with Gasteiger partial charge in [-0.1, -0.05) is 26.7 Å². The van der Waals surface area contributed by atoms with Crippen LogP contribution in [0.4, 0.5) is 0 Å². The molecule has 2 heteroatoms. The smallest absolute Gasteiger partial charge is 0.0249 e. The predicted molar refractivity (Wildman–Crippen MR) is 60.5 cm³/mol. The molecule has 2 nitrogen and oxygen atoms in total. The lowest BCUT2D eigenvalue weighted by molar-refractivity contribution is -0.0282. The first-order valence-corrected chi connectivity index (χ1v) is 6.04. The van der Waals surface area contributed by atoms with E-state index in [0.29, 0.717) is 5.41 Å². The van der Waals surface area contributed by atoms with E-state index >= 15 is 0 Å². The van der Waals surface area contributed by atoms with Gasteiger partial charge in [-0.05, 0) is 25.3 Å². The highest BCUT2D eigenvalue weighted by Crippen LogP contribution is 2.35. The standard InChI is InChI=1S/C12H24N2/c1-12(2)8-14(9-12)11-7-5-4-6-10(11)13-3/h10-11,13H,4-9H2,1-3H3. The minimum Gasteiger partial charge on any atom is -0.315 e. The van der Waals surface area contributed by atoms with E-state index in [1.54, 1.807) is 0 Å². The van der Waals surface area contributed by atoms with Gasteiger partial charge in [-0.15, -0.1) is 0 Å². The third-order valence-corrected chi connectivity index (χ3v) is 3.83. The van der Waals surface area contributed by atoms with Crippen LogP contribution in [-0.4, -0.2) is 37.1 Å². The molecule has 0 bridgehead atoms. The van der Waals surface area contributed by atoms with Gasteiger partial charge < -0.3 is 5.32 Å². The van der Waals surface area contributed by atoms with E-state index in [1.165, 1.54) is 38.8 Å². The van der Waals surface area contributed by atoms with Crippen LogP contribution in [0.2, 0.25) is 0 Å². The average molecular weight is 196 g/mol. The van der Waals surface area contributed by atoms with Gasteiger partial charge in [-0.2, -0.15) is 0 Å². The van der Waals surface area contributed by atoms with Crippen LogP contribution in [-0.2, 0) is 0 Å². The van der Waals surface area contributed by atoms with E-state index in [-0.39, 0.29) is 0 Å². The Morgan fingerprint density at radius 3 is 2.36 bits per heavy atom. The topological polar surface area (TPSA) is 15.3 Å². The molecule has 1 N–H and O–H groups in total. The fraction of sp³-hybridized carbons (Fsp3) is 1.00. The molecule has 2 atom stereocenters. The van der Waals surface area contributed by atoms with E-state index in [0.717, 1.165) is 12.1 Å². The van der Waals surface area contributed by atoms with Crippen molar-refractivity contribution < 1.29 is 0 Å². The molecule has 1 heterocycles. The number of hydrogen-bond donors (Lipinski definition) is 1. The van der Waals surface area contributed by atoms with Gasteiger partial charge in [-0.25, -0.2) is 0 Å². The Bertz CT molecular complexity index is 192. The van der Waals surface area contributed by atoms with Crippen LogP contribution >= 0.6 is 0 Å². The molecule has 1 aliphatic carbocycles. The second kappa shape index (κ2) is 3.82. The first-order chi connectivity index (χ1) is 6.62. The molecule has 2 fully saturated rings. The van der Waals surface area contributed by atoms with Crippen molar-refractivity contribution in [3.8, 4) is 0 Å². The van der Waals surface area contributed by atoms with Gasteiger partial charge in [0.1, 0.15) is 0 Å². The summed E-state index contributed by atoms with van der Waals surface area (Å²) < 4.78 is 0. The van der Waals surface area contributed by atoms with Gasteiger partial charge in [0.2, 0.25) is 0 Å². The maximum atomic E-state index is 3.49. The summed E-state index contributed by atoms with van der Waals surface area (Å²) in [5.41, 5.74) is 0.579. The van der Waals surface area contributed by atoms with Crippen molar-refractivity contribution in [3.05, 3.63) is 0 Å². The number of likely N-dealkylation sites (tertiary alicyclic amines) is 1. The molecule has 0 aromatic rings. The zero-order valence-electron chi connectivity index (χ0n) is 9.84. The molecule has 0 spiro atoms. The Hall–Kier alpha value is -0.0800. The van der Waals surface area contributed by atoms with Gasteiger partial charge in [-0.3, -0.25) is 4.90 Å². The van der Waals surface area contributed by atoms with Crippen LogP contribution in [0.5, 0.6) is 0 Å². The number of nitrogens with one attached hydrogen (secondary N) is 1. The molecule has 2 rings (SSSR count). The summed E-state index contributed by atoms with van der Waals surface area (Å²) in [5.74, 6) is 0. The predicted octanol–water partition coefficient (Wildman–Crippen LogP) is 1.86. The first-order valence-electron chi connectivity index (χ1n) is 6.04. The van der Waals surface area contributed by atoms with Crippen LogP contribution in [0.3, 0.4) is 0 Å². The van der Waals surface area contributed by atoms with Crippen LogP contribution in [0.25, 0.3) is 0 Å². The second-order valence-corrected chi connectivity index (χ2v) is 5.82. The Labute approximate surface area is 88.1 Å². The highest BCUT2D eigenvalue weighted by molar-refractivity contribution is 4.96. The Balaban J connectivity index is 1.89. The molecule has 1 saturated heterocycles. The zero-order chi connectivity index (χ0) is 10.2. The summed E-state index contributed by atoms with van der Waals surface area (Å²) in [4.78, 5) is 2.68. The molecule has 1 aliphatic heterocycles. The molecule has 2 aliphatic rings. The van der Waals surface area contributed by atoms with Crippen molar-refractivity contribution in [2.45, 2.75) is 51.6 Å². The number of likely N-dealkylation sites (N-methyl/N-ethyl adjacent to an activating group) is 1. The van der Waals surface area contributed by atoms with Gasteiger partial charge in [0, 0.05) is 25.2 Å². The van der Waals surface area contributed by atoms with Crippen LogP contribution in [0, 0.1) is 5.41 Å². The molecule has 14 heavy (non-hydrogen) atoms. The van der Waals surface area contributed by atoms with Crippen molar-refractivity contribution in [1.29, 1.82) is 0 Å². The normalized spacial score (nSPS) is 37.9. The molecule has 0 aromatic heterocycles. The lowest BCUT2D eigenvalue weighted by Gasteiger charge is -2.53.